The fourth-order valence-corrected chi connectivity index (χ4v) is 4.25. The van der Waals surface area contributed by atoms with Crippen LogP contribution in [0.25, 0.3) is 0 Å². The van der Waals surface area contributed by atoms with Crippen molar-refractivity contribution in [3.63, 3.8) is 0 Å². The van der Waals surface area contributed by atoms with Crippen LogP contribution in [0.4, 0.5) is 0 Å². The van der Waals surface area contributed by atoms with Crippen LogP contribution in [-0.4, -0.2) is 19.3 Å². The largest absolute Gasteiger partial charge is 0.244 e. The fraction of sp³-hybridized carbons (Fsp3) is 0.0952. The average Bonchev–Trinajstić information content (AvgIpc) is 2.68. The second-order valence-corrected chi connectivity index (χ2v) is 7.82. The highest BCUT2D eigenvalue weighted by atomic mass is 35.5. The Morgan fingerprint density at radius 2 is 1.85 bits per heavy atom. The van der Waals surface area contributed by atoms with Gasteiger partial charge in [-0.15, -0.1) is 6.42 Å². The maximum atomic E-state index is 13.3. The van der Waals surface area contributed by atoms with Crippen molar-refractivity contribution < 1.29 is 8.42 Å². The highest BCUT2D eigenvalue weighted by Crippen LogP contribution is 2.33. The Kier molecular flexibility index (Phi) is 6.98. The first-order chi connectivity index (χ1) is 13.0. The van der Waals surface area contributed by atoms with E-state index in [0.717, 1.165) is 4.31 Å². The third-order valence-corrected chi connectivity index (χ3v) is 5.87. The third kappa shape index (κ3) is 4.67. The lowest BCUT2D eigenvalue weighted by molar-refractivity contribution is 0.394. The Labute approximate surface area is 165 Å². The lowest BCUT2D eigenvalue weighted by atomic mass is 9.99. The minimum absolute atomic E-state index is 0.0927. The second kappa shape index (κ2) is 9.21. The van der Waals surface area contributed by atoms with E-state index in [4.69, 9.17) is 18.0 Å². The third-order valence-electron chi connectivity index (χ3n) is 3.79. The Bertz CT molecular complexity index is 1010. The maximum Gasteiger partial charge on any atom is 0.244 e. The van der Waals surface area contributed by atoms with Crippen LogP contribution in [0.1, 0.15) is 11.6 Å². The molecule has 1 atom stereocenters. The summed E-state index contributed by atoms with van der Waals surface area (Å²) in [5, 5.41) is 10.1. The van der Waals surface area contributed by atoms with E-state index in [0.29, 0.717) is 10.6 Å². The van der Waals surface area contributed by atoms with Gasteiger partial charge in [0.25, 0.3) is 0 Å². The first-order valence-electron chi connectivity index (χ1n) is 7.94. The first-order valence-corrected chi connectivity index (χ1v) is 9.76. The van der Waals surface area contributed by atoms with Crippen molar-refractivity contribution in [1.82, 2.24) is 4.31 Å². The standard InChI is InChI=1S/C21H17ClN2O2S/c1-3-8-18(16-23)21(17-11-13-19(22)14-12-17)24(15-4-2)27(25,26)20-9-6-5-7-10-20/h2-3,5-14,21H,1,15H2/b18-8+. The molecule has 0 amide bonds. The zero-order valence-electron chi connectivity index (χ0n) is 14.4. The molecular formula is C21H17ClN2O2S. The van der Waals surface area contributed by atoms with Crippen molar-refractivity contribution in [2.75, 3.05) is 6.54 Å². The summed E-state index contributed by atoms with van der Waals surface area (Å²) in [6.45, 7) is 3.40. The van der Waals surface area contributed by atoms with Gasteiger partial charge in [-0.3, -0.25) is 0 Å². The molecule has 136 valence electrons. The molecule has 0 saturated carbocycles. The van der Waals surface area contributed by atoms with Crippen molar-refractivity contribution in [3.05, 3.63) is 89.5 Å². The molecule has 0 aromatic heterocycles. The van der Waals surface area contributed by atoms with Gasteiger partial charge >= 0.3 is 0 Å². The summed E-state index contributed by atoms with van der Waals surface area (Å²) in [5.74, 6) is 2.38. The molecule has 4 nitrogen and oxygen atoms in total. The molecule has 0 saturated heterocycles. The minimum Gasteiger partial charge on any atom is -0.207 e. The molecule has 27 heavy (non-hydrogen) atoms. The number of nitriles is 1. The molecule has 0 aliphatic carbocycles. The van der Waals surface area contributed by atoms with Crippen LogP contribution in [0.5, 0.6) is 0 Å². The van der Waals surface area contributed by atoms with E-state index in [9.17, 15) is 13.7 Å². The number of rotatable bonds is 7. The number of benzene rings is 2. The van der Waals surface area contributed by atoms with Crippen LogP contribution in [-0.2, 0) is 10.0 Å². The topological polar surface area (TPSA) is 61.2 Å². The molecule has 0 spiro atoms. The molecule has 1 unspecified atom stereocenters. The van der Waals surface area contributed by atoms with Gasteiger partial charge in [-0.05, 0) is 35.9 Å². The summed E-state index contributed by atoms with van der Waals surface area (Å²) < 4.78 is 27.7. The second-order valence-electron chi connectivity index (χ2n) is 5.49. The number of nitrogens with zero attached hydrogens (tertiary/aromatic N) is 2. The SMILES string of the molecule is C#CCN(C(/C(C#N)=C/C=C)c1ccc(Cl)cc1)S(=O)(=O)c1ccccc1. The molecule has 0 fully saturated rings. The molecule has 0 aliphatic rings. The van der Waals surface area contributed by atoms with Crippen LogP contribution < -0.4 is 0 Å². The van der Waals surface area contributed by atoms with Crippen molar-refractivity contribution >= 4 is 21.6 Å². The monoisotopic (exact) mass is 396 g/mol. The Balaban J connectivity index is 2.71. The number of sulfonamides is 1. The Morgan fingerprint density at radius 3 is 2.37 bits per heavy atom. The number of halogens is 1. The van der Waals surface area contributed by atoms with Crippen LogP contribution in [0.2, 0.25) is 5.02 Å². The first kappa shape index (κ1) is 20.5. The van der Waals surface area contributed by atoms with Gasteiger partial charge in [-0.2, -0.15) is 9.57 Å². The van der Waals surface area contributed by atoms with Gasteiger partial charge in [0.1, 0.15) is 0 Å². The van der Waals surface area contributed by atoms with Gasteiger partial charge in [0.15, 0.2) is 0 Å². The summed E-state index contributed by atoms with van der Waals surface area (Å²) >= 11 is 5.96. The molecular weight excluding hydrogens is 380 g/mol. The summed E-state index contributed by atoms with van der Waals surface area (Å²) in [5.41, 5.74) is 0.769. The van der Waals surface area contributed by atoms with E-state index >= 15 is 0 Å². The summed E-state index contributed by atoms with van der Waals surface area (Å²) in [6, 6.07) is 15.7. The smallest absolute Gasteiger partial charge is 0.207 e. The predicted octanol–water partition coefficient (Wildman–Crippen LogP) is 4.34. The van der Waals surface area contributed by atoms with Crippen molar-refractivity contribution in [2.45, 2.75) is 10.9 Å². The van der Waals surface area contributed by atoms with Gasteiger partial charge in [-0.1, -0.05) is 60.5 Å². The number of hydrogen-bond donors (Lipinski definition) is 0. The maximum absolute atomic E-state index is 13.3. The molecule has 0 aliphatic heterocycles. The molecule has 0 radical (unpaired) electrons. The van der Waals surface area contributed by atoms with E-state index in [1.54, 1.807) is 42.5 Å². The van der Waals surface area contributed by atoms with E-state index in [1.807, 2.05) is 0 Å². The molecule has 0 heterocycles. The molecule has 2 aromatic carbocycles. The molecule has 2 aromatic rings. The van der Waals surface area contributed by atoms with Gasteiger partial charge in [-0.25, -0.2) is 8.42 Å². The van der Waals surface area contributed by atoms with Crippen LogP contribution >= 0.6 is 11.6 Å². The van der Waals surface area contributed by atoms with Crippen LogP contribution in [0.15, 0.2) is 83.8 Å². The van der Waals surface area contributed by atoms with Crippen LogP contribution in [0, 0.1) is 23.7 Å². The van der Waals surface area contributed by atoms with E-state index in [2.05, 4.69) is 18.6 Å². The summed E-state index contributed by atoms with van der Waals surface area (Å²) in [6.07, 6.45) is 8.37. The Morgan fingerprint density at radius 1 is 1.22 bits per heavy atom. The highest BCUT2D eigenvalue weighted by Gasteiger charge is 2.34. The van der Waals surface area contributed by atoms with Gasteiger partial charge in [0, 0.05) is 5.02 Å². The summed E-state index contributed by atoms with van der Waals surface area (Å²) in [7, 11) is -3.96. The summed E-state index contributed by atoms with van der Waals surface area (Å²) in [4.78, 5) is 0.0927. The molecule has 0 bridgehead atoms. The molecule has 0 N–H and O–H groups in total. The molecule has 6 heteroatoms. The van der Waals surface area contributed by atoms with Crippen molar-refractivity contribution in [3.8, 4) is 18.4 Å². The normalized spacial score (nSPS) is 12.8. The number of terminal acetylenes is 1. The zero-order chi connectivity index (χ0) is 19.9. The van der Waals surface area contributed by atoms with Crippen molar-refractivity contribution in [1.29, 1.82) is 5.26 Å². The lowest BCUT2D eigenvalue weighted by Crippen LogP contribution is -2.36. The highest BCUT2D eigenvalue weighted by molar-refractivity contribution is 7.89. The van der Waals surface area contributed by atoms with E-state index in [-0.39, 0.29) is 17.0 Å². The number of hydrogen-bond acceptors (Lipinski definition) is 3. The quantitative estimate of drug-likeness (QED) is 0.397. The predicted molar refractivity (Wildman–Crippen MR) is 107 cm³/mol. The zero-order valence-corrected chi connectivity index (χ0v) is 16.0. The fourth-order valence-electron chi connectivity index (χ4n) is 2.60. The van der Waals surface area contributed by atoms with E-state index < -0.39 is 16.1 Å². The Hall–Kier alpha value is -2.83. The van der Waals surface area contributed by atoms with Crippen molar-refractivity contribution in [2.24, 2.45) is 0 Å². The average molecular weight is 397 g/mol. The van der Waals surface area contributed by atoms with E-state index in [1.165, 1.54) is 24.3 Å². The van der Waals surface area contributed by atoms with Crippen LogP contribution in [0.3, 0.4) is 0 Å². The lowest BCUT2D eigenvalue weighted by Gasteiger charge is -2.29. The number of allylic oxidation sites excluding steroid dienone is 2. The van der Waals surface area contributed by atoms with Gasteiger partial charge in [0.05, 0.1) is 29.1 Å². The van der Waals surface area contributed by atoms with Gasteiger partial charge < -0.3 is 0 Å². The van der Waals surface area contributed by atoms with Gasteiger partial charge in [0.2, 0.25) is 10.0 Å². The minimum atomic E-state index is -3.96. The molecule has 2 rings (SSSR count).